The fourth-order valence-electron chi connectivity index (χ4n) is 2.30. The van der Waals surface area contributed by atoms with Crippen LogP contribution >= 0.6 is 0 Å². The zero-order valence-electron chi connectivity index (χ0n) is 11.3. The molecule has 0 spiro atoms. The summed E-state index contributed by atoms with van der Waals surface area (Å²) in [6.07, 6.45) is 0. The van der Waals surface area contributed by atoms with Gasteiger partial charge in [0.2, 0.25) is 0 Å². The summed E-state index contributed by atoms with van der Waals surface area (Å²) in [6.45, 7) is 4.89. The summed E-state index contributed by atoms with van der Waals surface area (Å²) in [5, 5.41) is 0. The molecule has 1 fully saturated rings. The smallest absolute Gasteiger partial charge is 0.254 e. The van der Waals surface area contributed by atoms with Crippen molar-refractivity contribution in [2.45, 2.75) is 0 Å². The average Bonchev–Trinajstić information content (AvgIpc) is 2.48. The molecule has 0 saturated carbocycles. The highest BCUT2D eigenvalue weighted by atomic mass is 16.5. The fraction of sp³-hybridized carbons (Fsp3) is 0.500. The van der Waals surface area contributed by atoms with Crippen LogP contribution in [0.1, 0.15) is 10.4 Å². The van der Waals surface area contributed by atoms with Crippen molar-refractivity contribution in [3.8, 4) is 5.75 Å². The molecular formula is C14H21N3O2. The Morgan fingerprint density at radius 3 is 2.68 bits per heavy atom. The van der Waals surface area contributed by atoms with Crippen molar-refractivity contribution < 1.29 is 9.53 Å². The average molecular weight is 263 g/mol. The van der Waals surface area contributed by atoms with Crippen molar-refractivity contribution in [2.75, 3.05) is 46.4 Å². The lowest BCUT2D eigenvalue weighted by molar-refractivity contribution is 0.0640. The van der Waals surface area contributed by atoms with Crippen LogP contribution in [-0.4, -0.2) is 62.1 Å². The molecule has 5 nitrogen and oxygen atoms in total. The molecule has 2 N–H and O–H groups in total. The van der Waals surface area contributed by atoms with Gasteiger partial charge in [0.25, 0.3) is 5.91 Å². The van der Waals surface area contributed by atoms with Gasteiger partial charge in [0.05, 0.1) is 7.11 Å². The summed E-state index contributed by atoms with van der Waals surface area (Å²) in [4.78, 5) is 16.5. The van der Waals surface area contributed by atoms with E-state index in [1.807, 2.05) is 23.1 Å². The first-order chi connectivity index (χ1) is 9.24. The predicted molar refractivity (Wildman–Crippen MR) is 74.4 cm³/mol. The van der Waals surface area contributed by atoms with Gasteiger partial charge in [-0.3, -0.25) is 9.69 Å². The quantitative estimate of drug-likeness (QED) is 0.855. The van der Waals surface area contributed by atoms with E-state index in [2.05, 4.69) is 4.90 Å². The number of carbonyl (C=O) groups is 1. The molecule has 0 aliphatic carbocycles. The van der Waals surface area contributed by atoms with Gasteiger partial charge in [0, 0.05) is 44.8 Å². The maximum absolute atomic E-state index is 12.4. The van der Waals surface area contributed by atoms with Crippen molar-refractivity contribution in [1.82, 2.24) is 9.80 Å². The van der Waals surface area contributed by atoms with E-state index in [0.29, 0.717) is 17.9 Å². The molecule has 1 heterocycles. The highest BCUT2D eigenvalue weighted by Crippen LogP contribution is 2.15. The minimum atomic E-state index is 0.0753. The number of amides is 1. The van der Waals surface area contributed by atoms with Crippen LogP contribution in [0.3, 0.4) is 0 Å². The number of ether oxygens (including phenoxy) is 1. The summed E-state index contributed by atoms with van der Waals surface area (Å²) in [5.41, 5.74) is 6.23. The van der Waals surface area contributed by atoms with Crippen molar-refractivity contribution in [1.29, 1.82) is 0 Å². The lowest BCUT2D eigenvalue weighted by atomic mass is 10.1. The van der Waals surface area contributed by atoms with Crippen molar-refractivity contribution in [3.05, 3.63) is 29.8 Å². The first-order valence-corrected chi connectivity index (χ1v) is 6.60. The fourth-order valence-corrected chi connectivity index (χ4v) is 2.30. The zero-order chi connectivity index (χ0) is 13.7. The van der Waals surface area contributed by atoms with E-state index in [-0.39, 0.29) is 5.91 Å². The number of piperazine rings is 1. The molecule has 2 rings (SSSR count). The third kappa shape index (κ3) is 3.45. The summed E-state index contributed by atoms with van der Waals surface area (Å²) in [5.74, 6) is 0.791. The molecule has 0 radical (unpaired) electrons. The Morgan fingerprint density at radius 1 is 1.32 bits per heavy atom. The largest absolute Gasteiger partial charge is 0.497 e. The van der Waals surface area contributed by atoms with E-state index in [9.17, 15) is 4.79 Å². The van der Waals surface area contributed by atoms with Crippen LogP contribution in [0, 0.1) is 0 Å². The summed E-state index contributed by atoms with van der Waals surface area (Å²) in [7, 11) is 1.61. The van der Waals surface area contributed by atoms with Gasteiger partial charge in [-0.1, -0.05) is 6.07 Å². The molecule has 104 valence electrons. The molecular weight excluding hydrogens is 242 g/mol. The van der Waals surface area contributed by atoms with Crippen LogP contribution in [0.4, 0.5) is 0 Å². The van der Waals surface area contributed by atoms with E-state index < -0.39 is 0 Å². The first kappa shape index (κ1) is 13.8. The Labute approximate surface area is 113 Å². The molecule has 1 aliphatic heterocycles. The molecule has 0 unspecified atom stereocenters. The Hall–Kier alpha value is -1.59. The van der Waals surface area contributed by atoms with Gasteiger partial charge < -0.3 is 15.4 Å². The van der Waals surface area contributed by atoms with Gasteiger partial charge in [-0.25, -0.2) is 0 Å². The summed E-state index contributed by atoms with van der Waals surface area (Å²) in [6, 6.07) is 7.30. The minimum Gasteiger partial charge on any atom is -0.497 e. The van der Waals surface area contributed by atoms with Gasteiger partial charge in [-0.15, -0.1) is 0 Å². The maximum Gasteiger partial charge on any atom is 0.254 e. The van der Waals surface area contributed by atoms with Gasteiger partial charge in [-0.05, 0) is 18.2 Å². The first-order valence-electron chi connectivity index (χ1n) is 6.60. The van der Waals surface area contributed by atoms with Crippen LogP contribution in [0.5, 0.6) is 5.75 Å². The Kier molecular flexibility index (Phi) is 4.76. The van der Waals surface area contributed by atoms with E-state index in [1.54, 1.807) is 13.2 Å². The van der Waals surface area contributed by atoms with Crippen molar-refractivity contribution in [3.63, 3.8) is 0 Å². The molecule has 1 amide bonds. The van der Waals surface area contributed by atoms with E-state index >= 15 is 0 Å². The molecule has 0 bridgehead atoms. The van der Waals surface area contributed by atoms with Gasteiger partial charge in [0.15, 0.2) is 0 Å². The van der Waals surface area contributed by atoms with Crippen LogP contribution < -0.4 is 10.5 Å². The molecule has 0 atom stereocenters. The lowest BCUT2D eigenvalue weighted by Crippen LogP contribution is -2.49. The topological polar surface area (TPSA) is 58.8 Å². The number of rotatable bonds is 4. The van der Waals surface area contributed by atoms with E-state index in [1.165, 1.54) is 0 Å². The van der Waals surface area contributed by atoms with Crippen LogP contribution in [0.25, 0.3) is 0 Å². The second-order valence-corrected chi connectivity index (χ2v) is 4.65. The number of methoxy groups -OCH3 is 1. The Bertz CT molecular complexity index is 428. The van der Waals surface area contributed by atoms with Crippen molar-refractivity contribution >= 4 is 5.91 Å². The number of nitrogens with two attached hydrogens (primary N) is 1. The van der Waals surface area contributed by atoms with Gasteiger partial charge in [-0.2, -0.15) is 0 Å². The second-order valence-electron chi connectivity index (χ2n) is 4.65. The maximum atomic E-state index is 12.4. The number of carbonyl (C=O) groups excluding carboxylic acids is 1. The van der Waals surface area contributed by atoms with Crippen LogP contribution in [0.2, 0.25) is 0 Å². The third-order valence-corrected chi connectivity index (χ3v) is 3.42. The standard InChI is InChI=1S/C14H21N3O2/c1-19-13-4-2-3-12(11-13)14(18)17-9-7-16(6-5-15)8-10-17/h2-4,11H,5-10,15H2,1H3. The highest BCUT2D eigenvalue weighted by Gasteiger charge is 2.21. The second kappa shape index (κ2) is 6.54. The van der Waals surface area contributed by atoms with Gasteiger partial charge in [0.1, 0.15) is 5.75 Å². The highest BCUT2D eigenvalue weighted by molar-refractivity contribution is 5.94. The van der Waals surface area contributed by atoms with Crippen LogP contribution in [-0.2, 0) is 0 Å². The molecule has 1 aliphatic rings. The van der Waals surface area contributed by atoms with E-state index in [4.69, 9.17) is 10.5 Å². The number of hydrogen-bond donors (Lipinski definition) is 1. The van der Waals surface area contributed by atoms with Crippen LogP contribution in [0.15, 0.2) is 24.3 Å². The molecule has 5 heteroatoms. The molecule has 1 aromatic carbocycles. The summed E-state index contributed by atoms with van der Waals surface area (Å²) >= 11 is 0. The van der Waals surface area contributed by atoms with E-state index in [0.717, 1.165) is 32.7 Å². The normalized spacial score (nSPS) is 16.4. The molecule has 19 heavy (non-hydrogen) atoms. The monoisotopic (exact) mass is 263 g/mol. The number of nitrogens with zero attached hydrogens (tertiary/aromatic N) is 2. The third-order valence-electron chi connectivity index (χ3n) is 3.42. The van der Waals surface area contributed by atoms with Gasteiger partial charge >= 0.3 is 0 Å². The zero-order valence-corrected chi connectivity index (χ0v) is 11.3. The Morgan fingerprint density at radius 2 is 2.05 bits per heavy atom. The summed E-state index contributed by atoms with van der Waals surface area (Å²) < 4.78 is 5.15. The predicted octanol–water partition coefficient (Wildman–Crippen LogP) is 0.412. The molecule has 1 aromatic rings. The molecule has 0 aromatic heterocycles. The lowest BCUT2D eigenvalue weighted by Gasteiger charge is -2.34. The Balaban J connectivity index is 1.97. The minimum absolute atomic E-state index is 0.0753. The molecule has 1 saturated heterocycles. The number of hydrogen-bond acceptors (Lipinski definition) is 4. The SMILES string of the molecule is COc1cccc(C(=O)N2CCN(CCN)CC2)c1. The van der Waals surface area contributed by atoms with Crippen molar-refractivity contribution in [2.24, 2.45) is 5.73 Å². The number of benzene rings is 1.